The van der Waals surface area contributed by atoms with Crippen LogP contribution in [-0.2, 0) is 29.3 Å². The molecule has 58 heavy (non-hydrogen) atoms. The van der Waals surface area contributed by atoms with Gasteiger partial charge in [0, 0.05) is 50.8 Å². The Hall–Kier alpha value is -0.319. The molecule has 0 bridgehead atoms. The molecule has 0 radical (unpaired) electrons. The topological polar surface area (TPSA) is 36.9 Å². The van der Waals surface area contributed by atoms with Crippen LogP contribution in [0.15, 0.2) is 47.2 Å². The zero-order valence-electron chi connectivity index (χ0n) is 38.4. The molecule has 0 saturated heterocycles. The van der Waals surface area contributed by atoms with Gasteiger partial charge in [0.05, 0.1) is 0 Å². The van der Waals surface area contributed by atoms with Crippen LogP contribution in [0.25, 0.3) is 41.1 Å². The van der Waals surface area contributed by atoms with Gasteiger partial charge in [-0.25, -0.2) is 0 Å². The van der Waals surface area contributed by atoms with Crippen molar-refractivity contribution in [3.63, 3.8) is 0 Å². The van der Waals surface area contributed by atoms with Gasteiger partial charge in [0.1, 0.15) is 0 Å². The lowest BCUT2D eigenvalue weighted by Crippen LogP contribution is -2.52. The van der Waals surface area contributed by atoms with Crippen molar-refractivity contribution in [1.82, 2.24) is 0 Å². The van der Waals surface area contributed by atoms with Crippen LogP contribution in [0, 0.1) is 0 Å². The number of fused-ring (bicyclic) bond motifs is 2. The summed E-state index contributed by atoms with van der Waals surface area (Å²) < 4.78 is 29.9. The van der Waals surface area contributed by atoms with E-state index in [4.69, 9.17) is 16.5 Å². The van der Waals surface area contributed by atoms with Gasteiger partial charge in [-0.05, 0) is 177 Å². The molecule has 1 aromatic carbocycles. The largest absolute Gasteiger partial charge is 0.437 e. The van der Waals surface area contributed by atoms with Crippen molar-refractivity contribution in [1.29, 1.82) is 0 Å². The number of rotatable bonds is 24. The van der Waals surface area contributed by atoms with E-state index in [1.807, 2.05) is 45.3 Å². The molecule has 0 unspecified atom stereocenters. The highest BCUT2D eigenvalue weighted by Gasteiger charge is 2.41. The summed E-state index contributed by atoms with van der Waals surface area (Å²) in [6, 6.07) is 16.6. The van der Waals surface area contributed by atoms with Gasteiger partial charge in [0.2, 0.25) is 0 Å². The first-order valence-corrected chi connectivity index (χ1v) is 43.9. The predicted octanol–water partition coefficient (Wildman–Crippen LogP) is 17.3. The summed E-state index contributed by atoms with van der Waals surface area (Å²) in [6.07, 6.45) is 12.3. The number of benzene rings is 1. The number of hydrogen-bond donors (Lipinski definition) is 0. The van der Waals surface area contributed by atoms with Gasteiger partial charge in [-0.2, -0.15) is 0 Å². The van der Waals surface area contributed by atoms with Crippen LogP contribution in [0.1, 0.15) is 61.1 Å². The molecule has 0 atom stereocenters. The van der Waals surface area contributed by atoms with Crippen LogP contribution in [0.4, 0.5) is 0 Å². The maximum absolute atomic E-state index is 6.75. The van der Waals surface area contributed by atoms with Crippen molar-refractivity contribution in [2.45, 2.75) is 168 Å². The van der Waals surface area contributed by atoms with Crippen LogP contribution < -0.4 is 0 Å². The van der Waals surface area contributed by atoms with E-state index in [9.17, 15) is 0 Å². The highest BCUT2D eigenvalue weighted by atomic mass is 32.1. The summed E-state index contributed by atoms with van der Waals surface area (Å²) in [5.41, 5.74) is 2.88. The molecule has 4 aromatic heterocycles. The van der Waals surface area contributed by atoms with Crippen LogP contribution >= 0.6 is 45.3 Å². The monoisotopic (exact) mass is 962 g/mol. The predicted molar refractivity (Wildman–Crippen MR) is 279 cm³/mol. The van der Waals surface area contributed by atoms with Crippen LogP contribution in [0.5, 0.6) is 0 Å². The first-order valence-electron chi connectivity index (χ1n) is 21.8. The molecule has 0 aliphatic rings. The molecule has 4 nitrogen and oxygen atoms in total. The molecule has 14 heteroatoms. The summed E-state index contributed by atoms with van der Waals surface area (Å²) in [7, 11) is -10.9. The fourth-order valence-corrected chi connectivity index (χ4v) is 38.0. The molecule has 0 saturated carbocycles. The van der Waals surface area contributed by atoms with Gasteiger partial charge in [-0.3, -0.25) is 0 Å². The molecule has 0 spiro atoms. The van der Waals surface area contributed by atoms with E-state index in [-0.39, 0.29) is 0 Å². The zero-order chi connectivity index (χ0) is 42.6. The maximum Gasteiger partial charge on any atom is 0.314 e. The van der Waals surface area contributed by atoms with Gasteiger partial charge >= 0.3 is 17.1 Å². The molecule has 4 heterocycles. The Morgan fingerprint density at radius 3 is 1.05 bits per heavy atom. The second kappa shape index (κ2) is 20.0. The summed E-state index contributed by atoms with van der Waals surface area (Å²) in [6.45, 7) is 32.3. The lowest BCUT2D eigenvalue weighted by atomic mass is 10.0. The van der Waals surface area contributed by atoms with Crippen molar-refractivity contribution in [3.8, 4) is 20.9 Å². The highest BCUT2D eigenvalue weighted by molar-refractivity contribution is 7.22. The Balaban J connectivity index is 1.18. The minimum atomic E-state index is -2.14. The molecule has 0 N–H and O–H groups in total. The Morgan fingerprint density at radius 2 is 0.724 bits per heavy atom. The van der Waals surface area contributed by atoms with E-state index in [1.54, 1.807) is 0 Å². The van der Waals surface area contributed by atoms with Gasteiger partial charge in [0.25, 0.3) is 0 Å². The fraction of sp³-hybridized carbons (Fsp3) is 0.591. The van der Waals surface area contributed by atoms with Crippen LogP contribution in [0.3, 0.4) is 0 Å². The highest BCUT2D eigenvalue weighted by Crippen LogP contribution is 2.50. The van der Waals surface area contributed by atoms with Gasteiger partial charge < -0.3 is 16.5 Å². The summed E-state index contributed by atoms with van der Waals surface area (Å²) in [5.74, 6) is 0. The first-order chi connectivity index (χ1) is 26.9. The van der Waals surface area contributed by atoms with Crippen molar-refractivity contribution in [3.05, 3.63) is 56.9 Å². The molecule has 322 valence electrons. The van der Waals surface area contributed by atoms with Crippen molar-refractivity contribution in [2.24, 2.45) is 0 Å². The SMILES string of the molecule is C[Si](C)(C)O[Si](C)(CCCCCCc1ccc(-c2c3ccsc3c(-c3ccc(CCCCCC[Si](C)(O[Si](C)(C)C)O[Si](C)(C)C)s3)c3ccsc23)s1)O[Si](C)(C)C. The number of thiophene rings is 4. The molecule has 0 aliphatic heterocycles. The Morgan fingerprint density at radius 1 is 0.397 bits per heavy atom. The van der Waals surface area contributed by atoms with Crippen LogP contribution in [-0.4, -0.2) is 50.4 Å². The third-order valence-corrected chi connectivity index (χ3v) is 33.3. The normalized spacial score (nSPS) is 13.8. The van der Waals surface area contributed by atoms with Crippen molar-refractivity contribution >= 4 is 116 Å². The fourth-order valence-electron chi connectivity index (χ4n) is 8.46. The third kappa shape index (κ3) is 14.9. The Kier molecular flexibility index (Phi) is 16.8. The Labute approximate surface area is 375 Å². The summed E-state index contributed by atoms with van der Waals surface area (Å²) in [4.78, 5) is 5.85. The molecule has 0 aliphatic carbocycles. The third-order valence-electron chi connectivity index (χ3n) is 9.84. The van der Waals surface area contributed by atoms with Gasteiger partial charge in [-0.15, -0.1) is 45.3 Å². The van der Waals surface area contributed by atoms with Gasteiger partial charge in [-0.1, -0.05) is 38.5 Å². The lowest BCUT2D eigenvalue weighted by molar-refractivity contribution is 0.378. The minimum absolute atomic E-state index is 1.12. The Bertz CT molecular complexity index is 1830. The number of hydrogen-bond acceptors (Lipinski definition) is 8. The molecular formula is C44H74O4S4Si6. The van der Waals surface area contributed by atoms with Crippen LogP contribution in [0.2, 0.25) is 104 Å². The zero-order valence-corrected chi connectivity index (χ0v) is 47.6. The van der Waals surface area contributed by atoms with E-state index >= 15 is 0 Å². The van der Waals surface area contributed by atoms with Crippen molar-refractivity contribution in [2.75, 3.05) is 0 Å². The standard InChI is InChI=1S/C44H74O4S4Si6/c1-53(2,3)45-57(13,46-54(4,5)6)33-21-17-15-19-23-35-25-27-39(51-35)41-37-29-31-50-44(37)42(38-30-32-49-43(38)41)40-28-26-36(52-40)24-20-16-18-22-34-58(14,47-55(7,8)9)48-56(10,11)12/h25-32H,15-24,33-34H2,1-14H3. The molecule has 0 amide bonds. The first kappa shape index (κ1) is 48.7. The maximum atomic E-state index is 6.75. The smallest absolute Gasteiger partial charge is 0.314 e. The van der Waals surface area contributed by atoms with Crippen molar-refractivity contribution < 1.29 is 16.5 Å². The quantitative estimate of drug-likeness (QED) is 0.0456. The average molecular weight is 964 g/mol. The van der Waals surface area contributed by atoms with E-state index < -0.39 is 50.4 Å². The van der Waals surface area contributed by atoms with Gasteiger partial charge in [0.15, 0.2) is 33.3 Å². The molecular weight excluding hydrogens is 889 g/mol. The van der Waals surface area contributed by atoms with E-state index in [0.29, 0.717) is 0 Å². The second-order valence-corrected chi connectivity index (χ2v) is 50.4. The summed E-state index contributed by atoms with van der Waals surface area (Å²) in [5, 5.41) is 7.44. The average Bonchev–Trinajstić information content (AvgIpc) is 3.87. The summed E-state index contributed by atoms with van der Waals surface area (Å²) >= 11 is 7.84. The van der Waals surface area contributed by atoms with E-state index in [1.165, 1.54) is 102 Å². The lowest BCUT2D eigenvalue weighted by Gasteiger charge is -2.38. The second-order valence-electron chi connectivity index (χ2n) is 20.6. The molecule has 0 fully saturated rings. The number of aryl methyl sites for hydroxylation is 2. The van der Waals surface area contributed by atoms with E-state index in [2.05, 4.69) is 139 Å². The number of unbranched alkanes of at least 4 members (excludes halogenated alkanes) is 6. The minimum Gasteiger partial charge on any atom is -0.437 e. The molecule has 5 aromatic rings. The van der Waals surface area contributed by atoms with E-state index in [0.717, 1.165) is 24.9 Å². The molecule has 5 rings (SSSR count).